The first-order chi connectivity index (χ1) is 6.25. The predicted octanol–water partition coefficient (Wildman–Crippen LogP) is 1.80. The van der Waals surface area contributed by atoms with E-state index in [0.29, 0.717) is 0 Å². The minimum atomic E-state index is -0.578. The lowest BCUT2D eigenvalue weighted by atomic mass is 10.2. The molecule has 0 saturated carbocycles. The van der Waals surface area contributed by atoms with Crippen molar-refractivity contribution in [1.29, 1.82) is 5.26 Å². The molecule has 0 aliphatic carbocycles. The van der Waals surface area contributed by atoms with Gasteiger partial charge in [0.25, 0.3) is 0 Å². The number of phenolic OH excluding ortho intramolecular Hbond substituents is 1. The third-order valence-corrected chi connectivity index (χ3v) is 1.37. The molecule has 1 rings (SSSR count). The average molecular weight is 175 g/mol. The minimum absolute atomic E-state index is 0.0216. The predicted molar refractivity (Wildman–Crippen MR) is 45.2 cm³/mol. The molecule has 0 saturated heterocycles. The van der Waals surface area contributed by atoms with Gasteiger partial charge in [-0.25, -0.2) is 4.39 Å². The largest absolute Gasteiger partial charge is 0.507 e. The Bertz CT molecular complexity index is 389. The van der Waals surface area contributed by atoms with Gasteiger partial charge in [0.2, 0.25) is 0 Å². The van der Waals surface area contributed by atoms with Crippen LogP contribution in [-0.4, -0.2) is 5.11 Å². The van der Waals surface area contributed by atoms with Crippen molar-refractivity contribution >= 4 is 0 Å². The van der Waals surface area contributed by atoms with Crippen LogP contribution in [0.3, 0.4) is 0 Å². The fraction of sp³-hybridized carbons (Fsp3) is 0.100. The molecule has 1 N–H and O–H groups in total. The van der Waals surface area contributed by atoms with Crippen LogP contribution < -0.4 is 0 Å². The van der Waals surface area contributed by atoms with Crippen molar-refractivity contribution in [1.82, 2.24) is 0 Å². The van der Waals surface area contributed by atoms with Crippen LogP contribution in [0.5, 0.6) is 5.75 Å². The number of benzene rings is 1. The molecule has 0 aliphatic heterocycles. The second-order valence-electron chi connectivity index (χ2n) is 2.27. The van der Waals surface area contributed by atoms with E-state index in [4.69, 9.17) is 10.4 Å². The molecule has 1 aromatic rings. The first-order valence-corrected chi connectivity index (χ1v) is 3.59. The summed E-state index contributed by atoms with van der Waals surface area (Å²) in [5, 5.41) is 17.3. The molecular weight excluding hydrogens is 169 g/mol. The maximum atomic E-state index is 12.9. The number of aromatic hydroxyl groups is 1. The highest BCUT2D eigenvalue weighted by Crippen LogP contribution is 2.17. The standard InChI is InChI=1S/C10H6FNO/c11-9-5-3-6-10(13)8(9)4-1-2-7-12/h3,5-6,13H,2H2. The van der Waals surface area contributed by atoms with Crippen LogP contribution in [0.2, 0.25) is 0 Å². The zero-order chi connectivity index (χ0) is 9.68. The lowest BCUT2D eigenvalue weighted by molar-refractivity contribution is 0.467. The summed E-state index contributed by atoms with van der Waals surface area (Å²) in [4.78, 5) is 0. The van der Waals surface area contributed by atoms with Gasteiger partial charge in [-0.3, -0.25) is 0 Å². The van der Waals surface area contributed by atoms with Gasteiger partial charge in [0, 0.05) is 0 Å². The summed E-state index contributed by atoms with van der Waals surface area (Å²) in [6, 6.07) is 5.74. The van der Waals surface area contributed by atoms with E-state index in [1.54, 1.807) is 6.07 Å². The second-order valence-corrected chi connectivity index (χ2v) is 2.27. The first-order valence-electron chi connectivity index (χ1n) is 3.59. The number of hydrogen-bond donors (Lipinski definition) is 1. The van der Waals surface area contributed by atoms with E-state index in [9.17, 15) is 4.39 Å². The number of phenols is 1. The molecule has 2 nitrogen and oxygen atoms in total. The van der Waals surface area contributed by atoms with Gasteiger partial charge in [-0.2, -0.15) is 5.26 Å². The summed E-state index contributed by atoms with van der Waals surface area (Å²) in [5.41, 5.74) is -0.0576. The summed E-state index contributed by atoms with van der Waals surface area (Å²) in [6.07, 6.45) is 0.0216. The summed E-state index contributed by atoms with van der Waals surface area (Å²) in [5.74, 6) is 4.02. The Hall–Kier alpha value is -2.00. The number of hydrogen-bond acceptors (Lipinski definition) is 2. The molecular formula is C10H6FNO. The summed E-state index contributed by atoms with van der Waals surface area (Å²) in [7, 11) is 0. The summed E-state index contributed by atoms with van der Waals surface area (Å²) >= 11 is 0. The molecule has 0 fully saturated rings. The monoisotopic (exact) mass is 175 g/mol. The van der Waals surface area contributed by atoms with Gasteiger partial charge in [0.15, 0.2) is 0 Å². The van der Waals surface area contributed by atoms with Crippen molar-refractivity contribution in [3.63, 3.8) is 0 Å². The zero-order valence-electron chi connectivity index (χ0n) is 6.71. The Morgan fingerprint density at radius 1 is 1.46 bits per heavy atom. The lowest BCUT2D eigenvalue weighted by Gasteiger charge is -1.96. The number of halogens is 1. The fourth-order valence-electron chi connectivity index (χ4n) is 0.809. The van der Waals surface area contributed by atoms with Crippen molar-refractivity contribution < 1.29 is 9.50 Å². The van der Waals surface area contributed by atoms with E-state index in [1.807, 2.05) is 0 Å². The van der Waals surface area contributed by atoms with Gasteiger partial charge in [-0.15, -0.1) is 0 Å². The molecule has 0 amide bonds. The highest BCUT2D eigenvalue weighted by atomic mass is 19.1. The Balaban J connectivity index is 3.03. The van der Waals surface area contributed by atoms with Gasteiger partial charge in [-0.1, -0.05) is 17.9 Å². The van der Waals surface area contributed by atoms with Crippen molar-refractivity contribution in [3.05, 3.63) is 29.6 Å². The molecule has 0 atom stereocenters. The summed E-state index contributed by atoms with van der Waals surface area (Å²) in [6.45, 7) is 0. The molecule has 0 heterocycles. The van der Waals surface area contributed by atoms with Crippen LogP contribution in [-0.2, 0) is 0 Å². The molecule has 0 aromatic heterocycles. The molecule has 0 bridgehead atoms. The molecule has 13 heavy (non-hydrogen) atoms. The molecule has 64 valence electrons. The molecule has 0 unspecified atom stereocenters. The molecule has 1 aromatic carbocycles. The Morgan fingerprint density at radius 2 is 2.23 bits per heavy atom. The number of rotatable bonds is 0. The third kappa shape index (κ3) is 2.21. The van der Waals surface area contributed by atoms with Crippen LogP contribution in [0.4, 0.5) is 4.39 Å². The van der Waals surface area contributed by atoms with Crippen molar-refractivity contribution in [2.45, 2.75) is 6.42 Å². The van der Waals surface area contributed by atoms with Gasteiger partial charge in [-0.05, 0) is 12.1 Å². The van der Waals surface area contributed by atoms with Crippen molar-refractivity contribution in [3.8, 4) is 23.7 Å². The Labute approximate surface area is 75.2 Å². The van der Waals surface area contributed by atoms with E-state index >= 15 is 0 Å². The van der Waals surface area contributed by atoms with Crippen LogP contribution in [0, 0.1) is 29.0 Å². The van der Waals surface area contributed by atoms with Gasteiger partial charge in [0.05, 0.1) is 12.5 Å². The highest BCUT2D eigenvalue weighted by Gasteiger charge is 2.02. The minimum Gasteiger partial charge on any atom is -0.507 e. The van der Waals surface area contributed by atoms with Crippen molar-refractivity contribution in [2.75, 3.05) is 0 Å². The van der Waals surface area contributed by atoms with Gasteiger partial charge >= 0.3 is 0 Å². The SMILES string of the molecule is N#CCC#Cc1c(O)cccc1F. The quantitative estimate of drug-likeness (QED) is 0.611. The van der Waals surface area contributed by atoms with Gasteiger partial charge in [0.1, 0.15) is 17.1 Å². The topological polar surface area (TPSA) is 44.0 Å². The van der Waals surface area contributed by atoms with E-state index < -0.39 is 5.82 Å². The van der Waals surface area contributed by atoms with Crippen LogP contribution in [0.25, 0.3) is 0 Å². The van der Waals surface area contributed by atoms with E-state index in [2.05, 4.69) is 11.8 Å². The molecule has 0 spiro atoms. The van der Waals surface area contributed by atoms with Crippen LogP contribution in [0.15, 0.2) is 18.2 Å². The zero-order valence-corrected chi connectivity index (χ0v) is 6.71. The maximum absolute atomic E-state index is 12.9. The highest BCUT2D eigenvalue weighted by molar-refractivity contribution is 5.46. The Kier molecular flexibility index (Phi) is 2.89. The van der Waals surface area contributed by atoms with E-state index in [0.717, 1.165) is 0 Å². The molecule has 0 aliphatic rings. The smallest absolute Gasteiger partial charge is 0.142 e. The summed E-state index contributed by atoms with van der Waals surface area (Å²) < 4.78 is 12.9. The van der Waals surface area contributed by atoms with Crippen LogP contribution >= 0.6 is 0 Å². The second kappa shape index (κ2) is 4.13. The average Bonchev–Trinajstić information content (AvgIpc) is 2.10. The van der Waals surface area contributed by atoms with Crippen LogP contribution in [0.1, 0.15) is 12.0 Å². The van der Waals surface area contributed by atoms with E-state index in [1.165, 1.54) is 18.2 Å². The van der Waals surface area contributed by atoms with Gasteiger partial charge < -0.3 is 5.11 Å². The fourth-order valence-corrected chi connectivity index (χ4v) is 0.809. The van der Waals surface area contributed by atoms with Crippen molar-refractivity contribution in [2.24, 2.45) is 0 Å². The number of nitrogens with zero attached hydrogens (tertiary/aromatic N) is 1. The van der Waals surface area contributed by atoms with E-state index in [-0.39, 0.29) is 17.7 Å². The third-order valence-electron chi connectivity index (χ3n) is 1.37. The number of nitriles is 1. The first kappa shape index (κ1) is 9.09. The molecule has 3 heteroatoms. The molecule has 0 radical (unpaired) electrons. The Morgan fingerprint density at radius 3 is 2.85 bits per heavy atom. The maximum Gasteiger partial charge on any atom is 0.142 e. The lowest BCUT2D eigenvalue weighted by Crippen LogP contribution is -1.83. The normalized spacial score (nSPS) is 8.31.